The summed E-state index contributed by atoms with van der Waals surface area (Å²) in [5.74, 6) is 0.302. The van der Waals surface area contributed by atoms with E-state index in [-0.39, 0.29) is 5.91 Å². The Morgan fingerprint density at radius 1 is 1.37 bits per heavy atom. The van der Waals surface area contributed by atoms with Crippen molar-refractivity contribution < 1.29 is 4.79 Å². The number of hydrogen-bond acceptors (Lipinski definition) is 4. The molecule has 2 rings (SSSR count). The van der Waals surface area contributed by atoms with Crippen molar-refractivity contribution in [3.05, 3.63) is 46.3 Å². The molecule has 2 N–H and O–H groups in total. The van der Waals surface area contributed by atoms with Crippen LogP contribution in [-0.2, 0) is 0 Å². The standard InChI is InChI=1S/C13H13BrN4O/c1-8-3-4-16-7-11(8)18-13(19)10-5-9(14)6-17-12(10)15-2/h3-7H,1-2H3,(H,15,17)(H,18,19). The molecule has 0 unspecified atom stereocenters. The lowest BCUT2D eigenvalue weighted by Crippen LogP contribution is -2.15. The summed E-state index contributed by atoms with van der Waals surface area (Å²) in [4.78, 5) is 20.4. The molecule has 0 aliphatic heterocycles. The second-order valence-electron chi connectivity index (χ2n) is 3.94. The lowest BCUT2D eigenvalue weighted by Gasteiger charge is -2.10. The van der Waals surface area contributed by atoms with Gasteiger partial charge in [-0.1, -0.05) is 0 Å². The first-order valence-electron chi connectivity index (χ1n) is 5.67. The van der Waals surface area contributed by atoms with Crippen molar-refractivity contribution in [2.75, 3.05) is 17.7 Å². The maximum absolute atomic E-state index is 12.3. The van der Waals surface area contributed by atoms with Crippen LogP contribution in [0.15, 0.2) is 35.2 Å². The van der Waals surface area contributed by atoms with E-state index in [2.05, 4.69) is 36.5 Å². The Kier molecular flexibility index (Phi) is 4.11. The van der Waals surface area contributed by atoms with Crippen LogP contribution in [0.1, 0.15) is 15.9 Å². The zero-order valence-corrected chi connectivity index (χ0v) is 12.2. The highest BCUT2D eigenvalue weighted by molar-refractivity contribution is 9.10. The number of hydrogen-bond donors (Lipinski definition) is 2. The fourth-order valence-corrected chi connectivity index (χ4v) is 1.93. The summed E-state index contributed by atoms with van der Waals surface area (Å²) in [5, 5.41) is 5.72. The number of halogens is 1. The van der Waals surface area contributed by atoms with Crippen molar-refractivity contribution in [2.45, 2.75) is 6.92 Å². The van der Waals surface area contributed by atoms with E-state index in [1.54, 1.807) is 31.7 Å². The number of aryl methyl sites for hydroxylation is 1. The van der Waals surface area contributed by atoms with Crippen molar-refractivity contribution in [3.8, 4) is 0 Å². The Morgan fingerprint density at radius 3 is 2.84 bits per heavy atom. The zero-order chi connectivity index (χ0) is 13.8. The molecular formula is C13H13BrN4O. The fraction of sp³-hybridized carbons (Fsp3) is 0.154. The fourth-order valence-electron chi connectivity index (χ4n) is 1.60. The van der Waals surface area contributed by atoms with Crippen LogP contribution >= 0.6 is 15.9 Å². The van der Waals surface area contributed by atoms with Gasteiger partial charge in [-0.25, -0.2) is 4.98 Å². The summed E-state index contributed by atoms with van der Waals surface area (Å²) in [7, 11) is 1.72. The monoisotopic (exact) mass is 320 g/mol. The van der Waals surface area contributed by atoms with E-state index < -0.39 is 0 Å². The van der Waals surface area contributed by atoms with Gasteiger partial charge in [0.1, 0.15) is 5.82 Å². The number of aromatic nitrogens is 2. The van der Waals surface area contributed by atoms with Crippen LogP contribution in [0.4, 0.5) is 11.5 Å². The smallest absolute Gasteiger partial charge is 0.259 e. The van der Waals surface area contributed by atoms with Crippen LogP contribution in [0.3, 0.4) is 0 Å². The van der Waals surface area contributed by atoms with Gasteiger partial charge in [-0.3, -0.25) is 9.78 Å². The SMILES string of the molecule is CNc1ncc(Br)cc1C(=O)Nc1cnccc1C. The average molecular weight is 321 g/mol. The highest BCUT2D eigenvalue weighted by Crippen LogP contribution is 2.20. The number of rotatable bonds is 3. The molecule has 0 bridgehead atoms. The van der Waals surface area contributed by atoms with Gasteiger partial charge in [-0.15, -0.1) is 0 Å². The number of pyridine rings is 2. The first-order chi connectivity index (χ1) is 9.11. The van der Waals surface area contributed by atoms with E-state index in [0.717, 1.165) is 10.0 Å². The number of carbonyl (C=O) groups is 1. The molecule has 98 valence electrons. The molecule has 0 atom stereocenters. The van der Waals surface area contributed by atoms with E-state index in [4.69, 9.17) is 0 Å². The zero-order valence-electron chi connectivity index (χ0n) is 10.6. The maximum Gasteiger partial charge on any atom is 0.259 e. The molecule has 2 aromatic heterocycles. The van der Waals surface area contributed by atoms with Crippen molar-refractivity contribution >= 4 is 33.3 Å². The van der Waals surface area contributed by atoms with Crippen molar-refractivity contribution in [3.63, 3.8) is 0 Å². The summed E-state index contributed by atoms with van der Waals surface area (Å²) < 4.78 is 0.750. The molecule has 5 nitrogen and oxygen atoms in total. The minimum absolute atomic E-state index is 0.228. The van der Waals surface area contributed by atoms with Gasteiger partial charge in [0.15, 0.2) is 0 Å². The molecule has 6 heteroatoms. The third-order valence-electron chi connectivity index (χ3n) is 2.62. The van der Waals surface area contributed by atoms with Gasteiger partial charge in [-0.05, 0) is 40.5 Å². The summed E-state index contributed by atoms with van der Waals surface area (Å²) in [6, 6.07) is 3.56. The van der Waals surface area contributed by atoms with Crippen LogP contribution in [0.2, 0.25) is 0 Å². The largest absolute Gasteiger partial charge is 0.372 e. The molecule has 2 heterocycles. The molecule has 0 aliphatic rings. The van der Waals surface area contributed by atoms with Crippen LogP contribution in [0, 0.1) is 6.92 Å². The third-order valence-corrected chi connectivity index (χ3v) is 3.06. The quantitative estimate of drug-likeness (QED) is 0.912. The summed E-state index contributed by atoms with van der Waals surface area (Å²) in [5.41, 5.74) is 2.12. The van der Waals surface area contributed by atoms with Crippen LogP contribution < -0.4 is 10.6 Å². The number of nitrogens with one attached hydrogen (secondary N) is 2. The Bertz CT molecular complexity index is 615. The molecule has 0 saturated carbocycles. The molecule has 1 amide bonds. The molecule has 0 spiro atoms. The second kappa shape index (κ2) is 5.79. The third kappa shape index (κ3) is 3.08. The highest BCUT2D eigenvalue weighted by atomic mass is 79.9. The number of carbonyl (C=O) groups excluding carboxylic acids is 1. The minimum Gasteiger partial charge on any atom is -0.372 e. The molecule has 19 heavy (non-hydrogen) atoms. The molecule has 0 aliphatic carbocycles. The predicted octanol–water partition coefficient (Wildman–Crippen LogP) is 2.84. The van der Waals surface area contributed by atoms with Gasteiger partial charge in [-0.2, -0.15) is 0 Å². The first kappa shape index (κ1) is 13.5. The van der Waals surface area contributed by atoms with Gasteiger partial charge in [0.25, 0.3) is 5.91 Å². The highest BCUT2D eigenvalue weighted by Gasteiger charge is 2.13. The van der Waals surface area contributed by atoms with Crippen molar-refractivity contribution in [2.24, 2.45) is 0 Å². The molecule has 2 aromatic rings. The summed E-state index contributed by atoms with van der Waals surface area (Å²) in [6.45, 7) is 1.91. The van der Waals surface area contributed by atoms with E-state index >= 15 is 0 Å². The van der Waals surface area contributed by atoms with Crippen LogP contribution in [0.25, 0.3) is 0 Å². The summed E-state index contributed by atoms with van der Waals surface area (Å²) in [6.07, 6.45) is 4.94. The van der Waals surface area contributed by atoms with E-state index in [1.165, 1.54) is 0 Å². The van der Waals surface area contributed by atoms with Gasteiger partial charge < -0.3 is 10.6 Å². The van der Waals surface area contributed by atoms with E-state index in [9.17, 15) is 4.79 Å². The molecule has 0 fully saturated rings. The second-order valence-corrected chi connectivity index (χ2v) is 4.86. The maximum atomic E-state index is 12.3. The molecular weight excluding hydrogens is 308 g/mol. The normalized spacial score (nSPS) is 10.1. The Balaban J connectivity index is 2.30. The number of anilines is 2. The topological polar surface area (TPSA) is 66.9 Å². The molecule has 0 saturated heterocycles. The molecule has 0 aromatic carbocycles. The lowest BCUT2D eigenvalue weighted by molar-refractivity contribution is 0.102. The summed E-state index contributed by atoms with van der Waals surface area (Å²) >= 11 is 3.31. The molecule has 0 radical (unpaired) electrons. The van der Waals surface area contributed by atoms with Crippen LogP contribution in [0.5, 0.6) is 0 Å². The van der Waals surface area contributed by atoms with E-state index in [0.29, 0.717) is 17.1 Å². The number of nitrogens with zero attached hydrogens (tertiary/aromatic N) is 2. The Labute approximate surface area is 119 Å². The Hall–Kier alpha value is -1.95. The van der Waals surface area contributed by atoms with Gasteiger partial charge in [0, 0.05) is 23.9 Å². The van der Waals surface area contributed by atoms with E-state index in [1.807, 2.05) is 13.0 Å². The van der Waals surface area contributed by atoms with Gasteiger partial charge in [0.2, 0.25) is 0 Å². The van der Waals surface area contributed by atoms with Gasteiger partial charge in [0.05, 0.1) is 17.4 Å². The van der Waals surface area contributed by atoms with Crippen molar-refractivity contribution in [1.82, 2.24) is 9.97 Å². The lowest BCUT2D eigenvalue weighted by atomic mass is 10.2. The van der Waals surface area contributed by atoms with Crippen LogP contribution in [-0.4, -0.2) is 22.9 Å². The average Bonchev–Trinajstić information content (AvgIpc) is 2.41. The van der Waals surface area contributed by atoms with Gasteiger partial charge >= 0.3 is 0 Å². The predicted molar refractivity (Wildman–Crippen MR) is 78.4 cm³/mol. The Morgan fingerprint density at radius 2 is 2.16 bits per heavy atom. The minimum atomic E-state index is -0.228. The van der Waals surface area contributed by atoms with Crippen molar-refractivity contribution in [1.29, 1.82) is 0 Å². The first-order valence-corrected chi connectivity index (χ1v) is 6.46. The number of amides is 1.